The van der Waals surface area contributed by atoms with Crippen LogP contribution in [0.3, 0.4) is 0 Å². The van der Waals surface area contributed by atoms with Gasteiger partial charge in [-0.15, -0.1) is 0 Å². The molecule has 0 saturated carbocycles. The second-order valence-corrected chi connectivity index (χ2v) is 8.67. The van der Waals surface area contributed by atoms with Crippen molar-refractivity contribution in [2.45, 2.75) is 58.9 Å². The van der Waals surface area contributed by atoms with Gasteiger partial charge in [-0.3, -0.25) is 9.59 Å². The highest BCUT2D eigenvalue weighted by Gasteiger charge is 2.19. The Hall–Kier alpha value is -2.80. The lowest BCUT2D eigenvalue weighted by Crippen LogP contribution is -2.36. The van der Waals surface area contributed by atoms with Crippen LogP contribution in [0.15, 0.2) is 54.4 Å². The Kier molecular flexibility index (Phi) is 14.5. The molecule has 35 heavy (non-hydrogen) atoms. The molecule has 1 aromatic carbocycles. The molecule has 194 valence electrons. The van der Waals surface area contributed by atoms with E-state index in [1.807, 2.05) is 32.7 Å². The fourth-order valence-electron chi connectivity index (χ4n) is 3.89. The van der Waals surface area contributed by atoms with Crippen molar-refractivity contribution < 1.29 is 18.4 Å². The molecule has 2 N–H and O–H groups in total. The predicted octanol–water partition coefficient (Wildman–Crippen LogP) is 5.68. The van der Waals surface area contributed by atoms with Gasteiger partial charge in [0.15, 0.2) is 0 Å². The summed E-state index contributed by atoms with van der Waals surface area (Å²) in [5.41, 5.74) is 2.30. The van der Waals surface area contributed by atoms with Crippen LogP contribution in [0.4, 0.5) is 8.78 Å². The van der Waals surface area contributed by atoms with Crippen LogP contribution in [0.5, 0.6) is 0 Å². The summed E-state index contributed by atoms with van der Waals surface area (Å²) in [5.74, 6) is -1.05. The molecule has 1 unspecified atom stereocenters. The molecule has 0 saturated heterocycles. The molecule has 0 aromatic heterocycles. The minimum atomic E-state index is -0.891. The maximum Gasteiger partial charge on any atom is 0.253 e. The molecule has 1 atom stereocenters. The Morgan fingerprint density at radius 3 is 2.37 bits per heavy atom. The van der Waals surface area contributed by atoms with E-state index in [1.165, 1.54) is 12.2 Å². The van der Waals surface area contributed by atoms with Gasteiger partial charge in [0, 0.05) is 30.3 Å². The Morgan fingerprint density at radius 2 is 1.80 bits per heavy atom. The number of nitrogens with one attached hydrogen (secondary N) is 2. The van der Waals surface area contributed by atoms with E-state index in [-0.39, 0.29) is 17.9 Å². The van der Waals surface area contributed by atoms with Crippen LogP contribution in [0.1, 0.15) is 72.2 Å². The summed E-state index contributed by atoms with van der Waals surface area (Å²) in [6.45, 7) is 10.9. The fraction of sp³-hybridized carbons (Fsp3) is 0.500. The summed E-state index contributed by atoms with van der Waals surface area (Å²) in [6.07, 6.45) is 7.14. The SMILES string of the molecule is C=C/C(=C\C(F)=C/CF)CC(CCCNC)NC(=O)c1cc(C)cc(C(=O)N(CCC)CCC)c1. The second kappa shape index (κ2) is 16.8. The van der Waals surface area contributed by atoms with Crippen LogP contribution < -0.4 is 10.6 Å². The van der Waals surface area contributed by atoms with Crippen molar-refractivity contribution in [3.05, 3.63) is 71.1 Å². The van der Waals surface area contributed by atoms with Crippen molar-refractivity contribution in [2.75, 3.05) is 33.4 Å². The van der Waals surface area contributed by atoms with Crippen molar-refractivity contribution in [2.24, 2.45) is 0 Å². The molecule has 0 heterocycles. The average molecular weight is 490 g/mol. The zero-order chi connectivity index (χ0) is 26.2. The number of nitrogens with zero attached hydrogens (tertiary/aromatic N) is 1. The van der Waals surface area contributed by atoms with Crippen molar-refractivity contribution in [1.82, 2.24) is 15.5 Å². The largest absolute Gasteiger partial charge is 0.349 e. The molecule has 2 amide bonds. The Morgan fingerprint density at radius 1 is 1.14 bits per heavy atom. The summed E-state index contributed by atoms with van der Waals surface area (Å²) in [5, 5.41) is 6.12. The number of hydrogen-bond donors (Lipinski definition) is 2. The van der Waals surface area contributed by atoms with Gasteiger partial charge in [-0.25, -0.2) is 8.78 Å². The number of carbonyl (C=O) groups excluding carboxylic acids is 2. The number of aryl methyl sites for hydroxylation is 1. The first-order chi connectivity index (χ1) is 16.8. The van der Waals surface area contributed by atoms with Gasteiger partial charge in [-0.1, -0.05) is 26.5 Å². The van der Waals surface area contributed by atoms with Gasteiger partial charge in [-0.2, -0.15) is 0 Å². The highest BCUT2D eigenvalue weighted by Crippen LogP contribution is 2.17. The van der Waals surface area contributed by atoms with Gasteiger partial charge in [-0.05, 0) is 94.1 Å². The summed E-state index contributed by atoms with van der Waals surface area (Å²) in [7, 11) is 1.85. The molecule has 0 aliphatic heterocycles. The van der Waals surface area contributed by atoms with Crippen LogP contribution in [0.2, 0.25) is 0 Å². The van der Waals surface area contributed by atoms with E-state index >= 15 is 0 Å². The predicted molar refractivity (Wildman–Crippen MR) is 140 cm³/mol. The first kappa shape index (κ1) is 30.2. The van der Waals surface area contributed by atoms with E-state index in [1.54, 1.807) is 18.2 Å². The van der Waals surface area contributed by atoms with Gasteiger partial charge < -0.3 is 15.5 Å². The van der Waals surface area contributed by atoms with Crippen molar-refractivity contribution in [1.29, 1.82) is 0 Å². The lowest BCUT2D eigenvalue weighted by molar-refractivity contribution is 0.0755. The highest BCUT2D eigenvalue weighted by atomic mass is 19.1. The van der Waals surface area contributed by atoms with Crippen LogP contribution >= 0.6 is 0 Å². The normalized spacial score (nSPS) is 12.9. The summed E-state index contributed by atoms with van der Waals surface area (Å²) >= 11 is 0. The standard InChI is InChI=1S/C28H41F2N3O2/c1-6-14-33(15-7-2)28(35)24-17-21(4)16-23(20-24)27(34)32-26(10-9-13-31-5)19-22(8-3)18-25(30)11-12-29/h8,11,16-18,20,26,31H,3,6-7,9-10,12-15,19H2,1-2,4-5H3,(H,32,34)/b22-18+,25-11+. The molecule has 1 aromatic rings. The Labute approximate surface area is 209 Å². The minimum Gasteiger partial charge on any atom is -0.349 e. The highest BCUT2D eigenvalue weighted by molar-refractivity contribution is 6.00. The number of allylic oxidation sites excluding steroid dienone is 4. The summed E-state index contributed by atoms with van der Waals surface area (Å²) in [6, 6.07) is 4.92. The second-order valence-electron chi connectivity index (χ2n) is 8.67. The molecule has 0 radical (unpaired) electrons. The van der Waals surface area contributed by atoms with Gasteiger partial charge >= 0.3 is 0 Å². The Balaban J connectivity index is 3.14. The van der Waals surface area contributed by atoms with Crippen molar-refractivity contribution in [3.63, 3.8) is 0 Å². The first-order valence-corrected chi connectivity index (χ1v) is 12.4. The quantitative estimate of drug-likeness (QED) is 0.232. The molecule has 0 spiro atoms. The summed E-state index contributed by atoms with van der Waals surface area (Å²) < 4.78 is 26.2. The number of alkyl halides is 1. The van der Waals surface area contributed by atoms with E-state index < -0.39 is 12.5 Å². The zero-order valence-electron chi connectivity index (χ0n) is 21.6. The third-order valence-electron chi connectivity index (χ3n) is 5.52. The smallest absolute Gasteiger partial charge is 0.253 e. The zero-order valence-corrected chi connectivity index (χ0v) is 21.6. The molecular weight excluding hydrogens is 448 g/mol. The van der Waals surface area contributed by atoms with Gasteiger partial charge in [0.1, 0.15) is 12.5 Å². The number of hydrogen-bond acceptors (Lipinski definition) is 3. The van der Waals surface area contributed by atoms with Crippen LogP contribution in [-0.2, 0) is 0 Å². The Bertz CT molecular complexity index is 890. The maximum absolute atomic E-state index is 13.8. The van der Waals surface area contributed by atoms with E-state index in [0.717, 1.165) is 37.4 Å². The molecule has 0 aliphatic rings. The molecule has 7 heteroatoms. The van der Waals surface area contributed by atoms with Gasteiger partial charge in [0.2, 0.25) is 0 Å². The molecule has 1 rings (SSSR count). The molecule has 0 aliphatic carbocycles. The number of rotatable bonds is 16. The summed E-state index contributed by atoms with van der Waals surface area (Å²) in [4.78, 5) is 28.1. The molecular formula is C28H41F2N3O2. The number of halogens is 2. The topological polar surface area (TPSA) is 61.4 Å². The maximum atomic E-state index is 13.8. The third kappa shape index (κ3) is 11.0. The van der Waals surface area contributed by atoms with E-state index in [4.69, 9.17) is 0 Å². The van der Waals surface area contributed by atoms with Crippen LogP contribution in [0, 0.1) is 6.92 Å². The number of benzene rings is 1. The molecule has 5 nitrogen and oxygen atoms in total. The van der Waals surface area contributed by atoms with Gasteiger partial charge in [0.05, 0.1) is 0 Å². The van der Waals surface area contributed by atoms with E-state index in [9.17, 15) is 18.4 Å². The lowest BCUT2D eigenvalue weighted by atomic mass is 9.99. The van der Waals surface area contributed by atoms with Gasteiger partial charge in [0.25, 0.3) is 11.8 Å². The minimum absolute atomic E-state index is 0.0796. The van der Waals surface area contributed by atoms with E-state index in [0.29, 0.717) is 42.6 Å². The molecule has 0 fully saturated rings. The third-order valence-corrected chi connectivity index (χ3v) is 5.52. The fourth-order valence-corrected chi connectivity index (χ4v) is 3.89. The van der Waals surface area contributed by atoms with Crippen molar-refractivity contribution >= 4 is 11.8 Å². The monoisotopic (exact) mass is 489 g/mol. The molecule has 0 bridgehead atoms. The number of amides is 2. The lowest BCUT2D eigenvalue weighted by Gasteiger charge is -2.22. The average Bonchev–Trinajstić information content (AvgIpc) is 2.82. The van der Waals surface area contributed by atoms with E-state index in [2.05, 4.69) is 17.2 Å². The van der Waals surface area contributed by atoms with Crippen LogP contribution in [-0.4, -0.2) is 56.1 Å². The first-order valence-electron chi connectivity index (χ1n) is 12.4. The van der Waals surface area contributed by atoms with Crippen molar-refractivity contribution in [3.8, 4) is 0 Å². The number of carbonyl (C=O) groups is 2. The van der Waals surface area contributed by atoms with Crippen LogP contribution in [0.25, 0.3) is 0 Å².